The standard InChI is InChI=1S/C13H11F3N2O/c14-13(15,16)19-11-6-2-1-4-9(11)8-10-5-3-7-18-12(10)17/h1-7H,8H2,(H2,17,18). The minimum absolute atomic E-state index is 0.224. The summed E-state index contributed by atoms with van der Waals surface area (Å²) in [5.74, 6) is 0.0718. The van der Waals surface area contributed by atoms with Gasteiger partial charge in [0, 0.05) is 12.6 Å². The molecule has 0 amide bonds. The molecule has 0 bridgehead atoms. The zero-order chi connectivity index (χ0) is 13.9. The summed E-state index contributed by atoms with van der Waals surface area (Å²) in [6.45, 7) is 0. The number of anilines is 1. The van der Waals surface area contributed by atoms with Crippen molar-refractivity contribution >= 4 is 5.82 Å². The van der Waals surface area contributed by atoms with Crippen molar-refractivity contribution in [3.8, 4) is 5.75 Å². The van der Waals surface area contributed by atoms with E-state index in [2.05, 4.69) is 9.72 Å². The molecule has 0 aliphatic rings. The van der Waals surface area contributed by atoms with Crippen molar-refractivity contribution in [3.63, 3.8) is 0 Å². The number of rotatable bonds is 3. The van der Waals surface area contributed by atoms with Gasteiger partial charge < -0.3 is 10.5 Å². The molecule has 1 aromatic carbocycles. The summed E-state index contributed by atoms with van der Waals surface area (Å²) in [6, 6.07) is 9.36. The predicted molar refractivity (Wildman–Crippen MR) is 64.6 cm³/mol. The molecule has 2 rings (SSSR count). The molecule has 0 unspecified atom stereocenters. The zero-order valence-electron chi connectivity index (χ0n) is 9.82. The summed E-state index contributed by atoms with van der Waals surface area (Å²) in [7, 11) is 0. The molecule has 0 radical (unpaired) electrons. The monoisotopic (exact) mass is 268 g/mol. The van der Waals surface area contributed by atoms with Crippen LogP contribution in [0, 0.1) is 0 Å². The van der Waals surface area contributed by atoms with Crippen LogP contribution in [0.3, 0.4) is 0 Å². The molecule has 19 heavy (non-hydrogen) atoms. The van der Waals surface area contributed by atoms with E-state index in [0.29, 0.717) is 16.9 Å². The second-order valence-corrected chi connectivity index (χ2v) is 3.88. The Morgan fingerprint density at radius 3 is 2.42 bits per heavy atom. The molecule has 0 aliphatic carbocycles. The molecule has 1 aromatic heterocycles. The van der Waals surface area contributed by atoms with Gasteiger partial charge in [0.1, 0.15) is 11.6 Å². The summed E-state index contributed by atoms with van der Waals surface area (Å²) in [4.78, 5) is 3.89. The van der Waals surface area contributed by atoms with Crippen molar-refractivity contribution in [1.29, 1.82) is 0 Å². The minimum Gasteiger partial charge on any atom is -0.405 e. The van der Waals surface area contributed by atoms with Crippen molar-refractivity contribution in [1.82, 2.24) is 4.98 Å². The van der Waals surface area contributed by atoms with Gasteiger partial charge in [0.15, 0.2) is 0 Å². The number of benzene rings is 1. The number of nitrogen functional groups attached to an aromatic ring is 1. The largest absolute Gasteiger partial charge is 0.573 e. The number of hydrogen-bond acceptors (Lipinski definition) is 3. The fraction of sp³-hybridized carbons (Fsp3) is 0.154. The predicted octanol–water partition coefficient (Wildman–Crippen LogP) is 3.15. The van der Waals surface area contributed by atoms with E-state index in [1.165, 1.54) is 18.3 Å². The van der Waals surface area contributed by atoms with Crippen molar-refractivity contribution in [3.05, 3.63) is 53.7 Å². The third-order valence-electron chi connectivity index (χ3n) is 2.51. The maximum absolute atomic E-state index is 12.3. The lowest BCUT2D eigenvalue weighted by molar-refractivity contribution is -0.274. The lowest BCUT2D eigenvalue weighted by Crippen LogP contribution is -2.18. The fourth-order valence-corrected chi connectivity index (χ4v) is 1.68. The third kappa shape index (κ3) is 3.61. The van der Waals surface area contributed by atoms with E-state index in [1.54, 1.807) is 24.3 Å². The van der Waals surface area contributed by atoms with Gasteiger partial charge in [0.2, 0.25) is 0 Å². The Morgan fingerprint density at radius 2 is 1.74 bits per heavy atom. The molecule has 0 fully saturated rings. The molecular weight excluding hydrogens is 257 g/mol. The van der Waals surface area contributed by atoms with Crippen molar-refractivity contribution < 1.29 is 17.9 Å². The quantitative estimate of drug-likeness (QED) is 0.930. The van der Waals surface area contributed by atoms with Gasteiger partial charge in [0.05, 0.1) is 0 Å². The average Bonchev–Trinajstić information content (AvgIpc) is 2.33. The molecule has 1 heterocycles. The number of halogens is 3. The Morgan fingerprint density at radius 1 is 1.05 bits per heavy atom. The van der Waals surface area contributed by atoms with Gasteiger partial charge in [-0.2, -0.15) is 0 Å². The molecule has 0 saturated carbocycles. The minimum atomic E-state index is -4.71. The number of alkyl halides is 3. The lowest BCUT2D eigenvalue weighted by atomic mass is 10.0. The SMILES string of the molecule is Nc1ncccc1Cc1ccccc1OC(F)(F)F. The van der Waals surface area contributed by atoms with Crippen LogP contribution < -0.4 is 10.5 Å². The number of hydrogen-bond donors (Lipinski definition) is 1. The van der Waals surface area contributed by atoms with E-state index < -0.39 is 6.36 Å². The van der Waals surface area contributed by atoms with Gasteiger partial charge >= 0.3 is 6.36 Å². The maximum atomic E-state index is 12.3. The number of nitrogens with zero attached hydrogens (tertiary/aromatic N) is 1. The Kier molecular flexibility index (Phi) is 3.59. The van der Waals surface area contributed by atoms with Gasteiger partial charge in [-0.1, -0.05) is 24.3 Å². The third-order valence-corrected chi connectivity index (χ3v) is 2.51. The van der Waals surface area contributed by atoms with E-state index in [9.17, 15) is 13.2 Å². The summed E-state index contributed by atoms with van der Waals surface area (Å²) in [6.07, 6.45) is -2.96. The Balaban J connectivity index is 2.28. The fourth-order valence-electron chi connectivity index (χ4n) is 1.68. The first kappa shape index (κ1) is 13.2. The van der Waals surface area contributed by atoms with Crippen LogP contribution in [0.4, 0.5) is 19.0 Å². The summed E-state index contributed by atoms with van der Waals surface area (Å²) < 4.78 is 40.8. The van der Waals surface area contributed by atoms with Crippen LogP contribution >= 0.6 is 0 Å². The second kappa shape index (κ2) is 5.17. The molecule has 2 N–H and O–H groups in total. The van der Waals surface area contributed by atoms with Crippen LogP contribution in [-0.2, 0) is 6.42 Å². The molecule has 100 valence electrons. The van der Waals surface area contributed by atoms with Gasteiger partial charge in [-0.05, 0) is 23.3 Å². The number of ether oxygens (including phenoxy) is 1. The van der Waals surface area contributed by atoms with Crippen LogP contribution in [0.2, 0.25) is 0 Å². The first-order valence-electron chi connectivity index (χ1n) is 5.49. The molecular formula is C13H11F3N2O. The van der Waals surface area contributed by atoms with Gasteiger partial charge in [-0.15, -0.1) is 13.2 Å². The van der Waals surface area contributed by atoms with E-state index in [1.807, 2.05) is 0 Å². The summed E-state index contributed by atoms with van der Waals surface area (Å²) in [5, 5.41) is 0. The van der Waals surface area contributed by atoms with E-state index >= 15 is 0 Å². The first-order valence-corrected chi connectivity index (χ1v) is 5.49. The van der Waals surface area contributed by atoms with Gasteiger partial charge in [-0.3, -0.25) is 0 Å². The maximum Gasteiger partial charge on any atom is 0.573 e. The normalized spacial score (nSPS) is 11.3. The Labute approximate surface area is 107 Å². The lowest BCUT2D eigenvalue weighted by Gasteiger charge is -2.13. The van der Waals surface area contributed by atoms with Crippen LogP contribution in [0.1, 0.15) is 11.1 Å². The number of para-hydroxylation sites is 1. The Hall–Kier alpha value is -2.24. The highest BCUT2D eigenvalue weighted by molar-refractivity contribution is 5.45. The number of nitrogens with two attached hydrogens (primary N) is 1. The highest BCUT2D eigenvalue weighted by Gasteiger charge is 2.31. The van der Waals surface area contributed by atoms with E-state index in [0.717, 1.165) is 0 Å². The first-order chi connectivity index (χ1) is 8.96. The van der Waals surface area contributed by atoms with Crippen molar-refractivity contribution in [2.75, 3.05) is 5.73 Å². The van der Waals surface area contributed by atoms with Gasteiger partial charge in [-0.25, -0.2) is 4.98 Å². The molecule has 0 atom stereocenters. The molecule has 2 aromatic rings. The smallest absolute Gasteiger partial charge is 0.405 e. The van der Waals surface area contributed by atoms with Crippen LogP contribution in [0.15, 0.2) is 42.6 Å². The summed E-state index contributed by atoms with van der Waals surface area (Å²) in [5.41, 5.74) is 6.73. The molecule has 0 aliphatic heterocycles. The summed E-state index contributed by atoms with van der Waals surface area (Å²) >= 11 is 0. The number of aromatic nitrogens is 1. The van der Waals surface area contributed by atoms with Crippen molar-refractivity contribution in [2.24, 2.45) is 0 Å². The molecule has 0 saturated heterocycles. The van der Waals surface area contributed by atoms with Crippen LogP contribution in [-0.4, -0.2) is 11.3 Å². The van der Waals surface area contributed by atoms with Crippen LogP contribution in [0.25, 0.3) is 0 Å². The van der Waals surface area contributed by atoms with Crippen molar-refractivity contribution in [2.45, 2.75) is 12.8 Å². The Bertz CT molecular complexity index is 570. The highest BCUT2D eigenvalue weighted by Crippen LogP contribution is 2.28. The second-order valence-electron chi connectivity index (χ2n) is 3.88. The molecule has 6 heteroatoms. The van der Waals surface area contributed by atoms with E-state index in [-0.39, 0.29) is 12.2 Å². The topological polar surface area (TPSA) is 48.1 Å². The average molecular weight is 268 g/mol. The van der Waals surface area contributed by atoms with Gasteiger partial charge in [0.25, 0.3) is 0 Å². The highest BCUT2D eigenvalue weighted by atomic mass is 19.4. The zero-order valence-corrected chi connectivity index (χ0v) is 9.82. The van der Waals surface area contributed by atoms with Crippen LogP contribution in [0.5, 0.6) is 5.75 Å². The molecule has 3 nitrogen and oxygen atoms in total. The van der Waals surface area contributed by atoms with E-state index in [4.69, 9.17) is 5.73 Å². The molecule has 0 spiro atoms. The number of pyridine rings is 1.